The summed E-state index contributed by atoms with van der Waals surface area (Å²) >= 11 is 7.95. The van der Waals surface area contributed by atoms with E-state index in [4.69, 9.17) is 16.3 Å². The lowest BCUT2D eigenvalue weighted by Crippen LogP contribution is -2.12. The van der Waals surface area contributed by atoms with Crippen molar-refractivity contribution in [2.24, 2.45) is 0 Å². The first-order valence-corrected chi connectivity index (χ1v) is 10.8. The van der Waals surface area contributed by atoms with Crippen LogP contribution in [0.2, 0.25) is 5.02 Å². The Hall–Kier alpha value is -1.91. The number of aromatic amines is 1. The minimum absolute atomic E-state index is 0.0837. The Bertz CT molecular complexity index is 951. The van der Waals surface area contributed by atoms with Crippen LogP contribution in [0.5, 0.6) is 0 Å². The van der Waals surface area contributed by atoms with Crippen molar-refractivity contribution >= 4 is 40.2 Å². The monoisotopic (exact) mass is 401 g/mol. The number of ether oxygens (including phenoxy) is 1. The van der Waals surface area contributed by atoms with Gasteiger partial charge in [-0.1, -0.05) is 35.9 Å². The summed E-state index contributed by atoms with van der Waals surface area (Å²) in [6, 6.07) is 12.2. The van der Waals surface area contributed by atoms with E-state index in [0.29, 0.717) is 18.1 Å². The highest BCUT2D eigenvalue weighted by molar-refractivity contribution is 7.97. The second-order valence-corrected chi connectivity index (χ2v) is 7.88. The number of H-pyrrole nitrogens is 1. The van der Waals surface area contributed by atoms with Gasteiger partial charge in [-0.3, -0.25) is 4.79 Å². The molecule has 1 unspecified atom stereocenters. The molecule has 0 radical (unpaired) electrons. The third-order valence-electron chi connectivity index (χ3n) is 4.79. The van der Waals surface area contributed by atoms with Crippen molar-refractivity contribution in [2.45, 2.75) is 31.9 Å². The van der Waals surface area contributed by atoms with Crippen molar-refractivity contribution in [1.82, 2.24) is 4.98 Å². The summed E-state index contributed by atoms with van der Waals surface area (Å²) in [5, 5.41) is 1.86. The van der Waals surface area contributed by atoms with Crippen LogP contribution in [-0.2, 0) is 15.3 Å². The maximum atomic E-state index is 12.3. The number of carbonyl (C=O) groups excluding carboxylic acids is 1. The predicted octanol–water partition coefficient (Wildman–Crippen LogP) is 6.08. The maximum absolute atomic E-state index is 12.3. The molecule has 0 bridgehead atoms. The molecule has 0 saturated heterocycles. The van der Waals surface area contributed by atoms with E-state index in [1.165, 1.54) is 5.56 Å². The number of aromatic nitrogens is 1. The first-order chi connectivity index (χ1) is 13.0. The molecule has 0 fully saturated rings. The highest BCUT2D eigenvalue weighted by Crippen LogP contribution is 2.37. The van der Waals surface area contributed by atoms with E-state index in [1.807, 2.05) is 38.2 Å². The average molecular weight is 402 g/mol. The van der Waals surface area contributed by atoms with Crippen LogP contribution in [0.4, 0.5) is 0 Å². The molecule has 0 aliphatic heterocycles. The summed E-state index contributed by atoms with van der Waals surface area (Å²) in [6.07, 6.45) is 4.44. The molecule has 1 N–H and O–H groups in total. The van der Waals surface area contributed by atoms with Gasteiger partial charge in [-0.25, -0.2) is 0 Å². The zero-order valence-electron chi connectivity index (χ0n) is 15.8. The van der Waals surface area contributed by atoms with Gasteiger partial charge in [-0.2, -0.15) is 11.8 Å². The van der Waals surface area contributed by atoms with Gasteiger partial charge in [0, 0.05) is 33.8 Å². The first kappa shape index (κ1) is 19.8. The highest BCUT2D eigenvalue weighted by Gasteiger charge is 2.24. The minimum atomic E-state index is -0.188. The Labute approximate surface area is 169 Å². The number of hydrogen-bond acceptors (Lipinski definition) is 3. The number of hydrogen-bond donors (Lipinski definition) is 1. The van der Waals surface area contributed by atoms with Crippen LogP contribution in [0.15, 0.2) is 42.6 Å². The Balaban J connectivity index is 2.11. The molecule has 1 heterocycles. The fourth-order valence-electron chi connectivity index (χ4n) is 3.61. The van der Waals surface area contributed by atoms with Crippen LogP contribution >= 0.6 is 23.4 Å². The van der Waals surface area contributed by atoms with Gasteiger partial charge >= 0.3 is 5.97 Å². The molecule has 27 heavy (non-hydrogen) atoms. The molecule has 0 aliphatic rings. The number of aryl methyl sites for hydroxylation is 1. The number of nitrogens with one attached hydrogen (secondary N) is 1. The van der Waals surface area contributed by atoms with Gasteiger partial charge in [0.05, 0.1) is 13.0 Å². The first-order valence-electron chi connectivity index (χ1n) is 9.04. The Morgan fingerprint density at radius 2 is 2.07 bits per heavy atom. The normalized spacial score (nSPS) is 12.3. The largest absolute Gasteiger partial charge is 0.466 e. The van der Waals surface area contributed by atoms with Crippen LogP contribution in [-0.4, -0.2) is 23.8 Å². The Kier molecular flexibility index (Phi) is 6.51. The molecule has 0 spiro atoms. The van der Waals surface area contributed by atoms with E-state index in [2.05, 4.69) is 29.4 Å². The fourth-order valence-corrected chi connectivity index (χ4v) is 4.39. The van der Waals surface area contributed by atoms with Crippen molar-refractivity contribution < 1.29 is 9.53 Å². The lowest BCUT2D eigenvalue weighted by atomic mass is 9.85. The number of halogens is 1. The zero-order valence-corrected chi connectivity index (χ0v) is 17.4. The van der Waals surface area contributed by atoms with Gasteiger partial charge in [0.2, 0.25) is 0 Å². The number of thioether (sulfide) groups is 1. The van der Waals surface area contributed by atoms with E-state index in [9.17, 15) is 4.79 Å². The molecule has 3 rings (SSSR count). The molecule has 0 amide bonds. The van der Waals surface area contributed by atoms with Gasteiger partial charge in [-0.05, 0) is 54.5 Å². The molecule has 1 atom stereocenters. The van der Waals surface area contributed by atoms with E-state index >= 15 is 0 Å². The van der Waals surface area contributed by atoms with Crippen LogP contribution in [0.3, 0.4) is 0 Å². The quantitative estimate of drug-likeness (QED) is 0.488. The van der Waals surface area contributed by atoms with Crippen LogP contribution in [0.25, 0.3) is 10.9 Å². The topological polar surface area (TPSA) is 42.1 Å². The van der Waals surface area contributed by atoms with E-state index in [0.717, 1.165) is 33.3 Å². The summed E-state index contributed by atoms with van der Waals surface area (Å²) in [4.78, 5) is 15.8. The van der Waals surface area contributed by atoms with E-state index < -0.39 is 0 Å². The minimum Gasteiger partial charge on any atom is -0.466 e. The molecule has 1 aromatic heterocycles. The molecule has 3 aromatic rings. The van der Waals surface area contributed by atoms with Gasteiger partial charge in [0.25, 0.3) is 0 Å². The maximum Gasteiger partial charge on any atom is 0.306 e. The predicted molar refractivity (Wildman–Crippen MR) is 115 cm³/mol. The van der Waals surface area contributed by atoms with Crippen LogP contribution < -0.4 is 0 Å². The van der Waals surface area contributed by atoms with Crippen molar-refractivity contribution in [1.29, 1.82) is 0 Å². The average Bonchev–Trinajstić information content (AvgIpc) is 3.06. The third-order valence-corrected chi connectivity index (χ3v) is 5.63. The lowest BCUT2D eigenvalue weighted by molar-refractivity contribution is -0.143. The summed E-state index contributed by atoms with van der Waals surface area (Å²) in [6.45, 7) is 4.26. The number of rotatable bonds is 7. The van der Waals surface area contributed by atoms with Crippen molar-refractivity contribution in [3.8, 4) is 0 Å². The van der Waals surface area contributed by atoms with Gasteiger partial charge in [0.15, 0.2) is 0 Å². The highest BCUT2D eigenvalue weighted by atomic mass is 35.5. The number of benzene rings is 2. The van der Waals surface area contributed by atoms with E-state index in [1.54, 1.807) is 11.8 Å². The SMILES string of the molecule is CCOC(=O)CC(c1ccc(Cl)cc1C)c1c[nH]c2c(CSC)cccc12. The number of fused-ring (bicyclic) bond motifs is 1. The van der Waals surface area contributed by atoms with Gasteiger partial charge < -0.3 is 9.72 Å². The second-order valence-electron chi connectivity index (χ2n) is 6.58. The van der Waals surface area contributed by atoms with Crippen LogP contribution in [0, 0.1) is 6.92 Å². The summed E-state index contributed by atoms with van der Waals surface area (Å²) < 4.78 is 5.25. The van der Waals surface area contributed by atoms with Crippen LogP contribution in [0.1, 0.15) is 41.5 Å². The molecule has 0 aliphatic carbocycles. The summed E-state index contributed by atoms with van der Waals surface area (Å²) in [7, 11) is 0. The molecule has 2 aromatic carbocycles. The van der Waals surface area contributed by atoms with E-state index in [-0.39, 0.29) is 11.9 Å². The Morgan fingerprint density at radius 1 is 1.26 bits per heavy atom. The number of carbonyl (C=O) groups is 1. The standard InChI is InChI=1S/C22H24ClNO2S/c1-4-26-21(25)11-19(17-9-8-16(23)10-14(17)2)20-12-24-22-15(13-27-3)6-5-7-18(20)22/h5-10,12,19,24H,4,11,13H2,1-3H3. The summed E-state index contributed by atoms with van der Waals surface area (Å²) in [5.41, 5.74) is 5.71. The molecule has 142 valence electrons. The number of para-hydroxylation sites is 1. The molecule has 5 heteroatoms. The zero-order chi connectivity index (χ0) is 19.4. The number of esters is 1. The second kappa shape index (κ2) is 8.85. The summed E-state index contributed by atoms with van der Waals surface area (Å²) in [5.74, 6) is 0.672. The fraction of sp³-hybridized carbons (Fsp3) is 0.318. The van der Waals surface area contributed by atoms with Crippen molar-refractivity contribution in [3.63, 3.8) is 0 Å². The Morgan fingerprint density at radius 3 is 2.78 bits per heavy atom. The van der Waals surface area contributed by atoms with Crippen molar-refractivity contribution in [2.75, 3.05) is 12.9 Å². The molecular formula is C22H24ClNO2S. The lowest BCUT2D eigenvalue weighted by Gasteiger charge is -2.19. The van der Waals surface area contributed by atoms with Gasteiger partial charge in [-0.15, -0.1) is 0 Å². The third kappa shape index (κ3) is 4.33. The molecule has 0 saturated carbocycles. The van der Waals surface area contributed by atoms with Crippen molar-refractivity contribution in [3.05, 3.63) is 69.9 Å². The molecular weight excluding hydrogens is 378 g/mol. The van der Waals surface area contributed by atoms with Gasteiger partial charge in [0.1, 0.15) is 0 Å². The molecule has 3 nitrogen and oxygen atoms in total. The smallest absolute Gasteiger partial charge is 0.306 e.